The van der Waals surface area contributed by atoms with E-state index in [-0.39, 0.29) is 12.6 Å². The van der Waals surface area contributed by atoms with Gasteiger partial charge >= 0.3 is 5.97 Å². The molecule has 0 atom stereocenters. The van der Waals surface area contributed by atoms with Crippen LogP contribution in [0.2, 0.25) is 0 Å². The molecule has 20 heavy (non-hydrogen) atoms. The van der Waals surface area contributed by atoms with Crippen LogP contribution in [0.5, 0.6) is 5.75 Å². The third-order valence-electron chi connectivity index (χ3n) is 2.94. The molecule has 4 nitrogen and oxygen atoms in total. The first-order valence-electron chi connectivity index (χ1n) is 7.05. The molecule has 0 heterocycles. The van der Waals surface area contributed by atoms with Gasteiger partial charge in [-0.1, -0.05) is 12.1 Å². The van der Waals surface area contributed by atoms with E-state index in [2.05, 4.69) is 0 Å². The van der Waals surface area contributed by atoms with Crippen molar-refractivity contribution in [1.29, 1.82) is 0 Å². The number of benzene rings is 1. The number of aliphatic hydroxyl groups is 1. The highest BCUT2D eigenvalue weighted by Crippen LogP contribution is 2.20. The van der Waals surface area contributed by atoms with Gasteiger partial charge in [-0.2, -0.15) is 0 Å². The smallest absolute Gasteiger partial charge is 0.349 e. The van der Waals surface area contributed by atoms with Crippen LogP contribution in [0.3, 0.4) is 0 Å². The van der Waals surface area contributed by atoms with Crippen molar-refractivity contribution < 1.29 is 19.4 Å². The van der Waals surface area contributed by atoms with Crippen LogP contribution >= 0.6 is 0 Å². The lowest BCUT2D eigenvalue weighted by Crippen LogP contribution is -2.39. The van der Waals surface area contributed by atoms with E-state index in [0.29, 0.717) is 12.4 Å². The van der Waals surface area contributed by atoms with Gasteiger partial charge in [-0.25, -0.2) is 4.79 Å². The molecule has 1 aromatic carbocycles. The van der Waals surface area contributed by atoms with Gasteiger partial charge in [0, 0.05) is 6.61 Å². The zero-order valence-corrected chi connectivity index (χ0v) is 12.5. The maximum Gasteiger partial charge on any atom is 0.349 e. The Hall–Kier alpha value is -1.55. The number of rotatable bonds is 8. The molecule has 4 heteroatoms. The van der Waals surface area contributed by atoms with Crippen LogP contribution in [0.1, 0.15) is 39.2 Å². The summed E-state index contributed by atoms with van der Waals surface area (Å²) in [6.07, 6.45) is 2.71. The Bertz CT molecular complexity index is 409. The summed E-state index contributed by atoms with van der Waals surface area (Å²) >= 11 is 0. The largest absolute Gasteiger partial charge is 0.476 e. The number of unbranched alkanes of at least 4 members (excludes halogenated alkanes) is 1. The number of hydrogen-bond acceptors (Lipinski definition) is 4. The summed E-state index contributed by atoms with van der Waals surface area (Å²) in [5.74, 6) is 0.279. The molecule has 0 aliphatic carbocycles. The summed E-state index contributed by atoms with van der Waals surface area (Å²) in [5.41, 5.74) is 0.203. The molecule has 0 spiro atoms. The molecule has 0 aromatic heterocycles. The number of hydrogen-bond donors (Lipinski definition) is 1. The third kappa shape index (κ3) is 5.21. The Morgan fingerprint density at radius 2 is 1.85 bits per heavy atom. The fourth-order valence-corrected chi connectivity index (χ4v) is 1.81. The number of esters is 1. The molecule has 0 radical (unpaired) electrons. The lowest BCUT2D eigenvalue weighted by atomic mass is 10.1. The topological polar surface area (TPSA) is 55.8 Å². The SMILES string of the molecule is CCOC(=O)C(C)(C)Oc1ccc(CCCCO)cc1. The van der Waals surface area contributed by atoms with E-state index in [9.17, 15) is 4.79 Å². The fraction of sp³-hybridized carbons (Fsp3) is 0.562. The maximum absolute atomic E-state index is 11.7. The highest BCUT2D eigenvalue weighted by Gasteiger charge is 2.31. The monoisotopic (exact) mass is 280 g/mol. The van der Waals surface area contributed by atoms with Crippen molar-refractivity contribution in [3.63, 3.8) is 0 Å². The molecule has 0 aliphatic rings. The van der Waals surface area contributed by atoms with E-state index in [1.807, 2.05) is 24.3 Å². The van der Waals surface area contributed by atoms with E-state index >= 15 is 0 Å². The molecule has 0 bridgehead atoms. The quantitative estimate of drug-likeness (QED) is 0.587. The molecule has 0 saturated carbocycles. The number of aliphatic hydroxyl groups excluding tert-OH is 1. The van der Waals surface area contributed by atoms with Gasteiger partial charge < -0.3 is 14.6 Å². The van der Waals surface area contributed by atoms with Crippen molar-refractivity contribution in [1.82, 2.24) is 0 Å². The molecule has 0 aliphatic heterocycles. The highest BCUT2D eigenvalue weighted by molar-refractivity contribution is 5.79. The Morgan fingerprint density at radius 1 is 1.20 bits per heavy atom. The normalized spacial score (nSPS) is 11.2. The molecular weight excluding hydrogens is 256 g/mol. The first-order valence-corrected chi connectivity index (χ1v) is 7.05. The van der Waals surface area contributed by atoms with Crippen molar-refractivity contribution in [3.05, 3.63) is 29.8 Å². The standard InChI is InChI=1S/C16H24O4/c1-4-19-15(18)16(2,3)20-14-10-8-13(9-11-14)7-5-6-12-17/h8-11,17H,4-7,12H2,1-3H3. The Kier molecular flexibility index (Phi) is 6.52. The highest BCUT2D eigenvalue weighted by atomic mass is 16.6. The first kappa shape index (κ1) is 16.5. The summed E-state index contributed by atoms with van der Waals surface area (Å²) in [7, 11) is 0. The van der Waals surface area contributed by atoms with Crippen LogP contribution < -0.4 is 4.74 Å². The first-order chi connectivity index (χ1) is 9.49. The molecule has 0 saturated heterocycles. The van der Waals surface area contributed by atoms with E-state index < -0.39 is 5.60 Å². The summed E-state index contributed by atoms with van der Waals surface area (Å²) in [5, 5.41) is 8.75. The van der Waals surface area contributed by atoms with Crippen LogP contribution in [-0.4, -0.2) is 29.9 Å². The van der Waals surface area contributed by atoms with E-state index in [0.717, 1.165) is 19.3 Å². The molecule has 1 N–H and O–H groups in total. The van der Waals surface area contributed by atoms with E-state index in [1.54, 1.807) is 20.8 Å². The lowest BCUT2D eigenvalue weighted by Gasteiger charge is -2.24. The average molecular weight is 280 g/mol. The lowest BCUT2D eigenvalue weighted by molar-refractivity contribution is -0.158. The Labute approximate surface area is 120 Å². The molecule has 1 rings (SSSR count). The second kappa shape index (κ2) is 7.90. The fourth-order valence-electron chi connectivity index (χ4n) is 1.81. The van der Waals surface area contributed by atoms with Crippen LogP contribution in [-0.2, 0) is 16.0 Å². The van der Waals surface area contributed by atoms with Crippen molar-refractivity contribution >= 4 is 5.97 Å². The minimum absolute atomic E-state index is 0.231. The van der Waals surface area contributed by atoms with Gasteiger partial charge in [-0.3, -0.25) is 0 Å². The zero-order valence-electron chi connectivity index (χ0n) is 12.5. The van der Waals surface area contributed by atoms with Crippen molar-refractivity contribution in [2.45, 2.75) is 45.6 Å². The predicted molar refractivity (Wildman–Crippen MR) is 77.8 cm³/mol. The van der Waals surface area contributed by atoms with Crippen molar-refractivity contribution in [2.24, 2.45) is 0 Å². The van der Waals surface area contributed by atoms with Crippen molar-refractivity contribution in [3.8, 4) is 5.75 Å². The van der Waals surface area contributed by atoms with Gasteiger partial charge in [-0.05, 0) is 57.7 Å². The van der Waals surface area contributed by atoms with Gasteiger partial charge in [0.25, 0.3) is 0 Å². The third-order valence-corrected chi connectivity index (χ3v) is 2.94. The molecule has 1 aromatic rings. The molecule has 112 valence electrons. The van der Waals surface area contributed by atoms with Crippen molar-refractivity contribution in [2.75, 3.05) is 13.2 Å². The second-order valence-corrected chi connectivity index (χ2v) is 5.16. The number of carbonyl (C=O) groups is 1. The van der Waals surface area contributed by atoms with Crippen LogP contribution in [0.4, 0.5) is 0 Å². The van der Waals surface area contributed by atoms with Crippen LogP contribution in [0.25, 0.3) is 0 Å². The Balaban J connectivity index is 2.58. The average Bonchev–Trinajstić information content (AvgIpc) is 2.41. The number of ether oxygens (including phenoxy) is 2. The number of aryl methyl sites for hydroxylation is 1. The number of carbonyl (C=O) groups excluding carboxylic acids is 1. The van der Waals surface area contributed by atoms with Gasteiger partial charge in [-0.15, -0.1) is 0 Å². The summed E-state index contributed by atoms with van der Waals surface area (Å²) in [6, 6.07) is 7.67. The van der Waals surface area contributed by atoms with E-state index in [4.69, 9.17) is 14.6 Å². The minimum atomic E-state index is -0.992. The van der Waals surface area contributed by atoms with Gasteiger partial charge in [0.1, 0.15) is 5.75 Å². The molecular formula is C16H24O4. The van der Waals surface area contributed by atoms with Crippen LogP contribution in [0.15, 0.2) is 24.3 Å². The molecule has 0 amide bonds. The summed E-state index contributed by atoms with van der Waals surface area (Å²) in [4.78, 5) is 11.7. The maximum atomic E-state index is 11.7. The summed E-state index contributed by atoms with van der Waals surface area (Å²) in [6.45, 7) is 5.74. The van der Waals surface area contributed by atoms with Gasteiger partial charge in [0.2, 0.25) is 0 Å². The summed E-state index contributed by atoms with van der Waals surface area (Å²) < 4.78 is 10.7. The van der Waals surface area contributed by atoms with Gasteiger partial charge in [0.15, 0.2) is 5.60 Å². The van der Waals surface area contributed by atoms with Crippen LogP contribution in [0, 0.1) is 0 Å². The molecule has 0 fully saturated rings. The van der Waals surface area contributed by atoms with Gasteiger partial charge in [0.05, 0.1) is 6.61 Å². The van der Waals surface area contributed by atoms with E-state index in [1.165, 1.54) is 5.56 Å². The molecule has 0 unspecified atom stereocenters. The second-order valence-electron chi connectivity index (χ2n) is 5.16. The predicted octanol–water partition coefficient (Wildman–Crippen LogP) is 2.72. The minimum Gasteiger partial charge on any atom is -0.476 e. The zero-order chi connectivity index (χ0) is 15.0. The Morgan fingerprint density at radius 3 is 2.40 bits per heavy atom.